The number of hydrogen-bond acceptors (Lipinski definition) is 2. The molecule has 1 unspecified atom stereocenters. The number of aromatic nitrogens is 3. The van der Waals surface area contributed by atoms with E-state index in [1.165, 1.54) is 5.69 Å². The number of nitrogens with one attached hydrogen (secondary N) is 1. The second kappa shape index (κ2) is 4.83. The molecular weight excluding hydrogens is 274 g/mol. The van der Waals surface area contributed by atoms with Crippen molar-refractivity contribution in [3.05, 3.63) is 53.2 Å². The van der Waals surface area contributed by atoms with E-state index in [1.54, 1.807) is 0 Å². The van der Waals surface area contributed by atoms with E-state index in [9.17, 15) is 4.79 Å². The molecule has 1 aromatic carbocycles. The van der Waals surface area contributed by atoms with Crippen LogP contribution in [0.2, 0.25) is 0 Å². The van der Waals surface area contributed by atoms with Gasteiger partial charge in [0, 0.05) is 47.0 Å². The first-order valence-electron chi connectivity index (χ1n) is 7.76. The molecule has 1 aliphatic rings. The van der Waals surface area contributed by atoms with E-state index in [1.807, 2.05) is 25.3 Å². The molecule has 0 amide bonds. The van der Waals surface area contributed by atoms with Crippen molar-refractivity contribution in [1.82, 2.24) is 14.5 Å². The molecule has 22 heavy (non-hydrogen) atoms. The summed E-state index contributed by atoms with van der Waals surface area (Å²) in [6, 6.07) is 8.20. The van der Waals surface area contributed by atoms with Crippen LogP contribution < -0.4 is 0 Å². The van der Waals surface area contributed by atoms with E-state index in [0.29, 0.717) is 0 Å². The number of H-pyrrole nitrogens is 1. The number of hydrogen-bond donors (Lipinski definition) is 1. The Morgan fingerprint density at radius 3 is 2.95 bits per heavy atom. The fourth-order valence-corrected chi connectivity index (χ4v) is 3.70. The van der Waals surface area contributed by atoms with Crippen molar-refractivity contribution in [3.63, 3.8) is 0 Å². The average Bonchev–Trinajstić information content (AvgIpc) is 3.05. The van der Waals surface area contributed by atoms with Crippen molar-refractivity contribution in [2.45, 2.75) is 26.2 Å². The number of benzene rings is 1. The summed E-state index contributed by atoms with van der Waals surface area (Å²) in [5, 5.41) is 1.09. The van der Waals surface area contributed by atoms with Gasteiger partial charge in [0.25, 0.3) is 0 Å². The number of para-hydroxylation sites is 1. The summed E-state index contributed by atoms with van der Waals surface area (Å²) in [4.78, 5) is 20.5. The zero-order valence-corrected chi connectivity index (χ0v) is 12.9. The largest absolute Gasteiger partial charge is 0.347 e. The van der Waals surface area contributed by atoms with Gasteiger partial charge in [0.2, 0.25) is 0 Å². The van der Waals surface area contributed by atoms with Gasteiger partial charge in [-0.1, -0.05) is 18.2 Å². The number of rotatable bonds is 2. The number of fused-ring (bicyclic) bond motifs is 3. The van der Waals surface area contributed by atoms with Gasteiger partial charge in [-0.15, -0.1) is 0 Å². The quantitative estimate of drug-likeness (QED) is 0.789. The summed E-state index contributed by atoms with van der Waals surface area (Å²) < 4.78 is 2.18. The fraction of sp³-hybridized carbons (Fsp3) is 0.333. The number of carbonyl (C=O) groups is 1. The third-order valence-electron chi connectivity index (χ3n) is 4.80. The molecule has 1 aliphatic carbocycles. The maximum absolute atomic E-state index is 13.0. The number of aromatic amines is 1. The lowest BCUT2D eigenvalue weighted by Crippen LogP contribution is -2.25. The molecule has 3 aromatic rings. The molecule has 4 heteroatoms. The maximum Gasteiger partial charge on any atom is 0.168 e. The van der Waals surface area contributed by atoms with E-state index in [2.05, 4.69) is 33.7 Å². The topological polar surface area (TPSA) is 50.7 Å². The number of carbonyl (C=O) groups excluding carboxylic acids is 1. The number of nitrogens with zero attached hydrogens (tertiary/aromatic N) is 2. The summed E-state index contributed by atoms with van der Waals surface area (Å²) in [5.41, 5.74) is 4.33. The SMILES string of the molecule is Cc1ncc(CC2CCc3c(c4ccccc4n3C)C2=O)[nH]1. The smallest absolute Gasteiger partial charge is 0.168 e. The molecule has 0 bridgehead atoms. The lowest BCUT2D eigenvalue weighted by Gasteiger charge is -2.21. The minimum absolute atomic E-state index is 0.0538. The van der Waals surface area contributed by atoms with Gasteiger partial charge in [-0.2, -0.15) is 0 Å². The van der Waals surface area contributed by atoms with E-state index >= 15 is 0 Å². The standard InChI is InChI=1S/C18H19N3O/c1-11-19-10-13(20-11)9-12-7-8-16-17(18(12)22)14-5-3-4-6-15(14)21(16)2/h3-6,10,12H,7-9H2,1-2H3,(H,19,20). The van der Waals surface area contributed by atoms with E-state index in [0.717, 1.165) is 47.2 Å². The van der Waals surface area contributed by atoms with Crippen molar-refractivity contribution >= 4 is 16.7 Å². The van der Waals surface area contributed by atoms with Crippen molar-refractivity contribution in [1.29, 1.82) is 0 Å². The van der Waals surface area contributed by atoms with E-state index in [4.69, 9.17) is 0 Å². The summed E-state index contributed by atoms with van der Waals surface area (Å²) in [5.74, 6) is 1.24. The van der Waals surface area contributed by atoms with Gasteiger partial charge in [-0.05, 0) is 32.3 Å². The van der Waals surface area contributed by atoms with Crippen molar-refractivity contribution < 1.29 is 4.79 Å². The first-order valence-corrected chi connectivity index (χ1v) is 7.76. The highest BCUT2D eigenvalue weighted by Gasteiger charge is 2.32. The molecule has 1 atom stereocenters. The van der Waals surface area contributed by atoms with Crippen LogP contribution in [0.5, 0.6) is 0 Å². The van der Waals surface area contributed by atoms with E-state index < -0.39 is 0 Å². The Bertz CT molecular complexity index is 872. The second-order valence-electron chi connectivity index (χ2n) is 6.20. The minimum Gasteiger partial charge on any atom is -0.347 e. The molecule has 0 spiro atoms. The predicted molar refractivity (Wildman–Crippen MR) is 86.1 cm³/mol. The summed E-state index contributed by atoms with van der Waals surface area (Å²) in [7, 11) is 2.06. The Morgan fingerprint density at radius 1 is 1.36 bits per heavy atom. The molecule has 4 rings (SSSR count). The van der Waals surface area contributed by atoms with Crippen LogP contribution in [0.1, 0.15) is 34.0 Å². The van der Waals surface area contributed by atoms with Gasteiger partial charge in [0.15, 0.2) is 5.78 Å². The number of imidazole rings is 1. The van der Waals surface area contributed by atoms with Crippen LogP contribution in [-0.2, 0) is 19.9 Å². The van der Waals surface area contributed by atoms with Crippen LogP contribution in [0.25, 0.3) is 10.9 Å². The molecule has 0 saturated heterocycles. The average molecular weight is 293 g/mol. The van der Waals surface area contributed by atoms with Gasteiger partial charge in [0.05, 0.1) is 0 Å². The Kier molecular flexibility index (Phi) is 2.93. The lowest BCUT2D eigenvalue weighted by atomic mass is 9.82. The molecular formula is C18H19N3O. The molecule has 2 aromatic heterocycles. The molecule has 0 saturated carbocycles. The molecule has 0 aliphatic heterocycles. The maximum atomic E-state index is 13.0. The van der Waals surface area contributed by atoms with E-state index in [-0.39, 0.29) is 11.7 Å². The Morgan fingerprint density at radius 2 is 2.18 bits per heavy atom. The third kappa shape index (κ3) is 1.90. The fourth-order valence-electron chi connectivity index (χ4n) is 3.70. The second-order valence-corrected chi connectivity index (χ2v) is 6.20. The van der Waals surface area contributed by atoms with Crippen LogP contribution in [0, 0.1) is 12.8 Å². The minimum atomic E-state index is 0.0538. The van der Waals surface area contributed by atoms with Crippen LogP contribution >= 0.6 is 0 Å². The Hall–Kier alpha value is -2.36. The van der Waals surface area contributed by atoms with Crippen molar-refractivity contribution in [3.8, 4) is 0 Å². The van der Waals surface area contributed by atoms with Gasteiger partial charge >= 0.3 is 0 Å². The number of ketones is 1. The first-order chi connectivity index (χ1) is 10.6. The molecule has 4 nitrogen and oxygen atoms in total. The summed E-state index contributed by atoms with van der Waals surface area (Å²) in [6.07, 6.45) is 4.47. The number of aryl methyl sites for hydroxylation is 2. The zero-order chi connectivity index (χ0) is 15.3. The van der Waals surface area contributed by atoms with Crippen molar-refractivity contribution in [2.24, 2.45) is 13.0 Å². The van der Waals surface area contributed by atoms with Crippen LogP contribution in [0.4, 0.5) is 0 Å². The molecule has 0 fully saturated rings. The first kappa shape index (κ1) is 13.3. The highest BCUT2D eigenvalue weighted by Crippen LogP contribution is 2.34. The molecule has 2 heterocycles. The van der Waals surface area contributed by atoms with Gasteiger partial charge in [0.1, 0.15) is 5.82 Å². The predicted octanol–water partition coefficient (Wildman–Crippen LogP) is 3.20. The molecule has 112 valence electrons. The summed E-state index contributed by atoms with van der Waals surface area (Å²) >= 11 is 0. The van der Waals surface area contributed by atoms with Crippen LogP contribution in [-0.4, -0.2) is 20.3 Å². The van der Waals surface area contributed by atoms with Gasteiger partial charge in [-0.25, -0.2) is 4.98 Å². The Balaban J connectivity index is 1.75. The Labute approximate surface area is 129 Å². The highest BCUT2D eigenvalue weighted by molar-refractivity contribution is 6.11. The summed E-state index contributed by atoms with van der Waals surface area (Å²) in [6.45, 7) is 1.94. The normalized spacial score (nSPS) is 17.9. The van der Waals surface area contributed by atoms with Gasteiger partial charge in [-0.3, -0.25) is 4.79 Å². The zero-order valence-electron chi connectivity index (χ0n) is 12.9. The highest BCUT2D eigenvalue weighted by atomic mass is 16.1. The molecule has 1 N–H and O–H groups in total. The lowest BCUT2D eigenvalue weighted by molar-refractivity contribution is 0.0901. The third-order valence-corrected chi connectivity index (χ3v) is 4.80. The van der Waals surface area contributed by atoms with Crippen LogP contribution in [0.15, 0.2) is 30.5 Å². The van der Waals surface area contributed by atoms with Crippen LogP contribution in [0.3, 0.4) is 0 Å². The van der Waals surface area contributed by atoms with Crippen molar-refractivity contribution in [2.75, 3.05) is 0 Å². The van der Waals surface area contributed by atoms with Gasteiger partial charge < -0.3 is 9.55 Å². The molecule has 0 radical (unpaired) electrons. The number of Topliss-reactive ketones (excluding diaryl/α,β-unsaturated/α-hetero) is 1. The monoisotopic (exact) mass is 293 g/mol.